The number of methoxy groups -OCH3 is 1. The van der Waals surface area contributed by atoms with E-state index in [-0.39, 0.29) is 10.9 Å². The number of fused-ring (bicyclic) bond motifs is 1. The average Bonchev–Trinajstić information content (AvgIpc) is 2.31. The molecule has 0 fully saturated rings. The van der Waals surface area contributed by atoms with E-state index in [0.717, 1.165) is 12.1 Å². The van der Waals surface area contributed by atoms with Gasteiger partial charge in [0.25, 0.3) is 5.56 Å². The van der Waals surface area contributed by atoms with Gasteiger partial charge in [-0.05, 0) is 6.07 Å². The fourth-order valence-corrected chi connectivity index (χ4v) is 1.50. The average molecular weight is 240 g/mol. The van der Waals surface area contributed by atoms with Gasteiger partial charge in [-0.2, -0.15) is 0 Å². The summed E-state index contributed by atoms with van der Waals surface area (Å²) in [6, 6.07) is 1.77. The van der Waals surface area contributed by atoms with Gasteiger partial charge in [0.2, 0.25) is 0 Å². The maximum atomic E-state index is 13.0. The molecule has 17 heavy (non-hydrogen) atoms. The zero-order chi connectivity index (χ0) is 12.4. The Kier molecular flexibility index (Phi) is 3.14. The van der Waals surface area contributed by atoms with E-state index >= 15 is 0 Å². The maximum absolute atomic E-state index is 13.0. The zero-order valence-corrected chi connectivity index (χ0v) is 9.11. The highest BCUT2D eigenvalue weighted by Gasteiger charge is 2.09. The van der Waals surface area contributed by atoms with Crippen LogP contribution in [-0.4, -0.2) is 23.3 Å². The molecule has 1 aromatic heterocycles. The Bertz CT molecular complexity index is 610. The van der Waals surface area contributed by atoms with Crippen molar-refractivity contribution in [3.05, 3.63) is 40.4 Å². The predicted molar refractivity (Wildman–Crippen MR) is 57.8 cm³/mol. The third kappa shape index (κ3) is 2.16. The molecule has 0 unspecified atom stereocenters. The first kappa shape index (κ1) is 11.7. The van der Waals surface area contributed by atoms with Crippen molar-refractivity contribution >= 4 is 10.9 Å². The summed E-state index contributed by atoms with van der Waals surface area (Å²) < 4.78 is 32.1. The van der Waals surface area contributed by atoms with Crippen LogP contribution in [-0.2, 0) is 11.3 Å². The van der Waals surface area contributed by atoms with Crippen molar-refractivity contribution in [2.75, 3.05) is 13.7 Å². The summed E-state index contributed by atoms with van der Waals surface area (Å²) in [4.78, 5) is 15.8. The van der Waals surface area contributed by atoms with E-state index in [1.807, 2.05) is 0 Å². The van der Waals surface area contributed by atoms with Crippen molar-refractivity contribution < 1.29 is 13.5 Å². The minimum absolute atomic E-state index is 0.0579. The molecule has 90 valence electrons. The Labute approximate surface area is 95.5 Å². The molecule has 4 nitrogen and oxygen atoms in total. The smallest absolute Gasteiger partial charge is 0.261 e. The second-order valence-corrected chi connectivity index (χ2v) is 3.52. The summed E-state index contributed by atoms with van der Waals surface area (Å²) >= 11 is 0. The Morgan fingerprint density at radius 2 is 2.06 bits per heavy atom. The third-order valence-electron chi connectivity index (χ3n) is 2.40. The fourth-order valence-electron chi connectivity index (χ4n) is 1.50. The van der Waals surface area contributed by atoms with Crippen LogP contribution in [0.15, 0.2) is 23.3 Å². The molecule has 2 aromatic rings. The van der Waals surface area contributed by atoms with Crippen LogP contribution < -0.4 is 5.56 Å². The molecule has 1 heterocycles. The van der Waals surface area contributed by atoms with Gasteiger partial charge in [0.1, 0.15) is 0 Å². The van der Waals surface area contributed by atoms with E-state index in [4.69, 9.17) is 4.74 Å². The van der Waals surface area contributed by atoms with E-state index < -0.39 is 17.2 Å². The van der Waals surface area contributed by atoms with E-state index in [1.165, 1.54) is 18.0 Å². The molecule has 0 spiro atoms. The van der Waals surface area contributed by atoms with Crippen molar-refractivity contribution in [3.63, 3.8) is 0 Å². The maximum Gasteiger partial charge on any atom is 0.261 e. The molecule has 0 saturated carbocycles. The topological polar surface area (TPSA) is 44.1 Å². The molecule has 0 atom stereocenters. The van der Waals surface area contributed by atoms with Gasteiger partial charge in [0, 0.05) is 13.2 Å². The van der Waals surface area contributed by atoms with Crippen LogP contribution in [0.2, 0.25) is 0 Å². The van der Waals surface area contributed by atoms with Gasteiger partial charge in [0.05, 0.1) is 30.4 Å². The van der Waals surface area contributed by atoms with E-state index in [9.17, 15) is 13.6 Å². The van der Waals surface area contributed by atoms with E-state index in [1.54, 1.807) is 0 Å². The highest BCUT2D eigenvalue weighted by atomic mass is 19.2. The van der Waals surface area contributed by atoms with Crippen LogP contribution in [0.3, 0.4) is 0 Å². The SMILES string of the molecule is COCCn1cnc2cc(F)c(F)cc2c1=O. The van der Waals surface area contributed by atoms with Crippen LogP contribution in [0.25, 0.3) is 10.9 Å². The Morgan fingerprint density at radius 1 is 1.35 bits per heavy atom. The van der Waals surface area contributed by atoms with Crippen LogP contribution in [0, 0.1) is 11.6 Å². The summed E-state index contributed by atoms with van der Waals surface area (Å²) in [7, 11) is 1.51. The number of benzene rings is 1. The Balaban J connectivity index is 2.59. The number of hydrogen-bond donors (Lipinski definition) is 0. The number of ether oxygens (including phenoxy) is 1. The van der Waals surface area contributed by atoms with Gasteiger partial charge >= 0.3 is 0 Å². The Morgan fingerprint density at radius 3 is 2.76 bits per heavy atom. The monoisotopic (exact) mass is 240 g/mol. The number of hydrogen-bond acceptors (Lipinski definition) is 3. The summed E-state index contributed by atoms with van der Waals surface area (Å²) in [5.41, 5.74) is -0.270. The molecule has 0 amide bonds. The lowest BCUT2D eigenvalue weighted by molar-refractivity contribution is 0.186. The van der Waals surface area contributed by atoms with Gasteiger partial charge in [-0.25, -0.2) is 13.8 Å². The molecule has 1 aromatic carbocycles. The van der Waals surface area contributed by atoms with Crippen LogP contribution in [0.4, 0.5) is 8.78 Å². The minimum atomic E-state index is -1.05. The van der Waals surface area contributed by atoms with Crippen molar-refractivity contribution in [3.8, 4) is 0 Å². The van der Waals surface area contributed by atoms with Crippen molar-refractivity contribution in [2.24, 2.45) is 0 Å². The molecular weight excluding hydrogens is 230 g/mol. The van der Waals surface area contributed by atoms with Crippen LogP contribution in [0.1, 0.15) is 0 Å². The van der Waals surface area contributed by atoms with Crippen molar-refractivity contribution in [1.82, 2.24) is 9.55 Å². The highest BCUT2D eigenvalue weighted by Crippen LogP contribution is 2.12. The van der Waals surface area contributed by atoms with Gasteiger partial charge in [-0.3, -0.25) is 9.36 Å². The van der Waals surface area contributed by atoms with E-state index in [2.05, 4.69) is 4.98 Å². The van der Waals surface area contributed by atoms with Crippen LogP contribution >= 0.6 is 0 Å². The molecule has 0 bridgehead atoms. The zero-order valence-electron chi connectivity index (χ0n) is 9.11. The molecule has 0 radical (unpaired) electrons. The first-order valence-corrected chi connectivity index (χ1v) is 4.96. The summed E-state index contributed by atoms with van der Waals surface area (Å²) in [6.45, 7) is 0.661. The van der Waals surface area contributed by atoms with Crippen molar-refractivity contribution in [1.29, 1.82) is 0 Å². The summed E-state index contributed by atoms with van der Waals surface area (Å²) in [6.07, 6.45) is 1.29. The molecule has 0 aliphatic carbocycles. The summed E-state index contributed by atoms with van der Waals surface area (Å²) in [5.74, 6) is -2.07. The normalized spacial score (nSPS) is 11.0. The van der Waals surface area contributed by atoms with Crippen LogP contribution in [0.5, 0.6) is 0 Å². The molecular formula is C11H10F2N2O2. The fraction of sp³-hybridized carbons (Fsp3) is 0.273. The molecule has 2 rings (SSSR count). The second kappa shape index (κ2) is 4.58. The number of halogens is 2. The summed E-state index contributed by atoms with van der Waals surface area (Å²) in [5, 5.41) is 0.0579. The standard InChI is InChI=1S/C11H10F2N2O2/c1-17-3-2-15-6-14-10-5-9(13)8(12)4-7(10)11(15)16/h4-6H,2-3H2,1H3. The van der Waals surface area contributed by atoms with E-state index in [0.29, 0.717) is 13.2 Å². The molecule has 0 aliphatic heterocycles. The Hall–Kier alpha value is -1.82. The third-order valence-corrected chi connectivity index (χ3v) is 2.40. The molecule has 0 N–H and O–H groups in total. The first-order valence-electron chi connectivity index (χ1n) is 4.96. The van der Waals surface area contributed by atoms with Gasteiger partial charge < -0.3 is 4.74 Å². The lowest BCUT2D eigenvalue weighted by Gasteiger charge is -2.05. The second-order valence-electron chi connectivity index (χ2n) is 3.52. The lowest BCUT2D eigenvalue weighted by Crippen LogP contribution is -2.22. The van der Waals surface area contributed by atoms with Crippen molar-refractivity contribution in [2.45, 2.75) is 6.54 Å². The largest absolute Gasteiger partial charge is 0.383 e. The van der Waals surface area contributed by atoms with Gasteiger partial charge in [-0.15, -0.1) is 0 Å². The predicted octanol–water partition coefficient (Wildman–Crippen LogP) is 1.32. The number of rotatable bonds is 3. The highest BCUT2D eigenvalue weighted by molar-refractivity contribution is 5.77. The number of nitrogens with zero attached hydrogens (tertiary/aromatic N) is 2. The number of aromatic nitrogens is 2. The molecule has 6 heteroatoms. The first-order chi connectivity index (χ1) is 8.13. The quantitative estimate of drug-likeness (QED) is 0.812. The minimum Gasteiger partial charge on any atom is -0.383 e. The lowest BCUT2D eigenvalue weighted by atomic mass is 10.2. The molecule has 0 aliphatic rings. The van der Waals surface area contributed by atoms with Gasteiger partial charge in [0.15, 0.2) is 11.6 Å². The van der Waals surface area contributed by atoms with Gasteiger partial charge in [-0.1, -0.05) is 0 Å². The molecule has 0 saturated heterocycles.